The van der Waals surface area contributed by atoms with Gasteiger partial charge in [0.15, 0.2) is 9.84 Å². The van der Waals surface area contributed by atoms with Crippen molar-refractivity contribution in [2.45, 2.75) is 18.4 Å². The fraction of sp³-hybridized carbons (Fsp3) is 0.250. The van der Waals surface area contributed by atoms with Crippen molar-refractivity contribution in [3.63, 3.8) is 0 Å². The number of sulfone groups is 1. The lowest BCUT2D eigenvalue weighted by atomic mass is 10.4. The molecule has 96 valence electrons. The van der Waals surface area contributed by atoms with Crippen LogP contribution in [-0.4, -0.2) is 24.0 Å². The molecule has 0 radical (unpaired) electrons. The van der Waals surface area contributed by atoms with Gasteiger partial charge in [0, 0.05) is 6.20 Å². The molecule has 0 aliphatic carbocycles. The van der Waals surface area contributed by atoms with Crippen LogP contribution in [0.5, 0.6) is 0 Å². The summed E-state index contributed by atoms with van der Waals surface area (Å²) in [6.07, 6.45) is 3.45. The van der Waals surface area contributed by atoms with E-state index in [4.69, 9.17) is 0 Å². The quantitative estimate of drug-likeness (QED) is 0.795. The number of aromatic nitrogens is 2. The van der Waals surface area contributed by atoms with Gasteiger partial charge in [0.1, 0.15) is 5.82 Å². The van der Waals surface area contributed by atoms with Crippen molar-refractivity contribution in [2.75, 3.05) is 5.75 Å². The molecule has 2 rings (SSSR count). The van der Waals surface area contributed by atoms with E-state index in [2.05, 4.69) is 5.10 Å². The maximum atomic E-state index is 12.7. The van der Waals surface area contributed by atoms with Crippen LogP contribution in [-0.2, 0) is 16.4 Å². The van der Waals surface area contributed by atoms with E-state index in [1.165, 1.54) is 12.1 Å². The molecule has 0 aliphatic heterocycles. The number of hydrogen-bond donors (Lipinski definition) is 0. The molecule has 0 aliphatic rings. The minimum Gasteiger partial charge on any atom is -0.271 e. The molecule has 0 amide bonds. The van der Waals surface area contributed by atoms with Crippen LogP contribution in [0.15, 0.2) is 41.6 Å². The van der Waals surface area contributed by atoms with E-state index in [0.29, 0.717) is 0 Å². The van der Waals surface area contributed by atoms with Crippen molar-refractivity contribution in [1.82, 2.24) is 9.78 Å². The van der Waals surface area contributed by atoms with Crippen LogP contribution in [0, 0.1) is 12.7 Å². The summed E-state index contributed by atoms with van der Waals surface area (Å²) in [4.78, 5) is 0.132. The zero-order chi connectivity index (χ0) is 13.2. The van der Waals surface area contributed by atoms with Gasteiger partial charge in [-0.1, -0.05) is 0 Å². The Kier molecular flexibility index (Phi) is 3.47. The molecular weight excluding hydrogens is 255 g/mol. The predicted molar refractivity (Wildman–Crippen MR) is 65.4 cm³/mol. The Balaban J connectivity index is 2.10. The molecule has 0 fully saturated rings. The summed E-state index contributed by atoms with van der Waals surface area (Å²) >= 11 is 0. The predicted octanol–water partition coefficient (Wildman–Crippen LogP) is 1.80. The van der Waals surface area contributed by atoms with E-state index in [9.17, 15) is 12.8 Å². The summed E-state index contributed by atoms with van der Waals surface area (Å²) in [5, 5.41) is 4.02. The van der Waals surface area contributed by atoms with Crippen LogP contribution in [0.4, 0.5) is 4.39 Å². The van der Waals surface area contributed by atoms with Gasteiger partial charge in [-0.05, 0) is 36.8 Å². The van der Waals surface area contributed by atoms with Gasteiger partial charge in [-0.2, -0.15) is 5.10 Å². The van der Waals surface area contributed by atoms with Gasteiger partial charge in [-0.15, -0.1) is 0 Å². The van der Waals surface area contributed by atoms with Crippen molar-refractivity contribution in [3.8, 4) is 0 Å². The first-order valence-electron chi connectivity index (χ1n) is 5.45. The Morgan fingerprint density at radius 3 is 2.50 bits per heavy atom. The molecule has 0 bridgehead atoms. The van der Waals surface area contributed by atoms with Crippen LogP contribution in [0.2, 0.25) is 0 Å². The number of hydrogen-bond acceptors (Lipinski definition) is 3. The number of nitrogens with zero attached hydrogens (tertiary/aromatic N) is 2. The second kappa shape index (κ2) is 4.89. The fourth-order valence-corrected chi connectivity index (χ4v) is 2.78. The lowest BCUT2D eigenvalue weighted by molar-refractivity contribution is 0.580. The average molecular weight is 268 g/mol. The Bertz CT molecular complexity index is 632. The molecule has 0 saturated heterocycles. The third-order valence-corrected chi connectivity index (χ3v) is 4.23. The molecule has 0 spiro atoms. The number of rotatable bonds is 4. The number of halogens is 1. The first-order chi connectivity index (χ1) is 8.47. The van der Waals surface area contributed by atoms with Gasteiger partial charge in [0.2, 0.25) is 0 Å². The standard InChI is InChI=1S/C12H13FN2O2S/c1-10-8-14-15(9-10)6-7-18(16,17)12-4-2-11(13)3-5-12/h2-5,8-9H,6-7H2,1H3. The smallest absolute Gasteiger partial charge is 0.180 e. The second-order valence-electron chi connectivity index (χ2n) is 4.05. The first-order valence-corrected chi connectivity index (χ1v) is 7.10. The summed E-state index contributed by atoms with van der Waals surface area (Å²) in [6.45, 7) is 2.17. The van der Waals surface area contributed by atoms with Crippen molar-refractivity contribution >= 4 is 9.84 Å². The lowest BCUT2D eigenvalue weighted by Gasteiger charge is -2.04. The molecule has 18 heavy (non-hydrogen) atoms. The Morgan fingerprint density at radius 1 is 1.28 bits per heavy atom. The zero-order valence-corrected chi connectivity index (χ0v) is 10.7. The van der Waals surface area contributed by atoms with Crippen molar-refractivity contribution < 1.29 is 12.8 Å². The van der Waals surface area contributed by atoms with Crippen molar-refractivity contribution in [1.29, 1.82) is 0 Å². The highest BCUT2D eigenvalue weighted by molar-refractivity contribution is 7.91. The first kappa shape index (κ1) is 12.8. The molecule has 1 aromatic carbocycles. The van der Waals surface area contributed by atoms with Crippen LogP contribution >= 0.6 is 0 Å². The molecule has 4 nitrogen and oxygen atoms in total. The largest absolute Gasteiger partial charge is 0.271 e. The fourth-order valence-electron chi connectivity index (χ4n) is 1.56. The summed E-state index contributed by atoms with van der Waals surface area (Å²) in [5.41, 5.74) is 0.981. The third kappa shape index (κ3) is 2.95. The minimum absolute atomic E-state index is 0.0558. The molecule has 0 saturated carbocycles. The summed E-state index contributed by atoms with van der Waals surface area (Å²) in [5.74, 6) is -0.503. The summed E-state index contributed by atoms with van der Waals surface area (Å²) in [6, 6.07) is 4.84. The van der Waals surface area contributed by atoms with Crippen LogP contribution in [0.3, 0.4) is 0 Å². The maximum absolute atomic E-state index is 12.7. The molecule has 6 heteroatoms. The molecular formula is C12H13FN2O2S. The van der Waals surface area contributed by atoms with Gasteiger partial charge in [-0.25, -0.2) is 12.8 Å². The van der Waals surface area contributed by atoms with Gasteiger partial charge in [-0.3, -0.25) is 4.68 Å². The molecule has 0 N–H and O–H groups in total. The maximum Gasteiger partial charge on any atom is 0.180 e. The van der Waals surface area contributed by atoms with Gasteiger partial charge >= 0.3 is 0 Å². The van der Waals surface area contributed by atoms with Crippen molar-refractivity contribution in [3.05, 3.63) is 48.0 Å². The molecule has 1 heterocycles. The topological polar surface area (TPSA) is 52.0 Å². The highest BCUT2D eigenvalue weighted by Gasteiger charge is 2.14. The summed E-state index contributed by atoms with van der Waals surface area (Å²) < 4.78 is 38.2. The van der Waals surface area contributed by atoms with Crippen LogP contribution in [0.25, 0.3) is 0 Å². The summed E-state index contributed by atoms with van der Waals surface area (Å²) in [7, 11) is -3.39. The van der Waals surface area contributed by atoms with E-state index in [1.807, 2.05) is 6.92 Å². The highest BCUT2D eigenvalue weighted by atomic mass is 32.2. The Morgan fingerprint density at radius 2 is 1.94 bits per heavy atom. The molecule has 2 aromatic rings. The Labute approximate surface area is 105 Å². The van der Waals surface area contributed by atoms with Crippen LogP contribution in [0.1, 0.15) is 5.56 Å². The van der Waals surface area contributed by atoms with Gasteiger partial charge in [0.05, 0.1) is 23.4 Å². The monoisotopic (exact) mass is 268 g/mol. The minimum atomic E-state index is -3.39. The zero-order valence-electron chi connectivity index (χ0n) is 9.88. The van der Waals surface area contributed by atoms with Crippen molar-refractivity contribution in [2.24, 2.45) is 0 Å². The highest BCUT2D eigenvalue weighted by Crippen LogP contribution is 2.12. The molecule has 1 aromatic heterocycles. The van der Waals surface area contributed by atoms with E-state index < -0.39 is 15.7 Å². The van der Waals surface area contributed by atoms with Crippen LogP contribution < -0.4 is 0 Å². The third-order valence-electron chi connectivity index (χ3n) is 2.52. The van der Waals surface area contributed by atoms with Gasteiger partial charge < -0.3 is 0 Å². The Hall–Kier alpha value is -1.69. The lowest BCUT2D eigenvalue weighted by Crippen LogP contribution is -2.13. The SMILES string of the molecule is Cc1cnn(CCS(=O)(=O)c2ccc(F)cc2)c1. The van der Waals surface area contributed by atoms with E-state index in [-0.39, 0.29) is 17.2 Å². The molecule has 0 unspecified atom stereocenters. The average Bonchev–Trinajstić information content (AvgIpc) is 2.73. The number of benzene rings is 1. The van der Waals surface area contributed by atoms with E-state index in [1.54, 1.807) is 17.1 Å². The molecule has 0 atom stereocenters. The van der Waals surface area contributed by atoms with E-state index >= 15 is 0 Å². The normalized spacial score (nSPS) is 11.7. The number of aryl methyl sites for hydroxylation is 2. The van der Waals surface area contributed by atoms with E-state index in [0.717, 1.165) is 17.7 Å². The second-order valence-corrected chi connectivity index (χ2v) is 6.16. The van der Waals surface area contributed by atoms with Gasteiger partial charge in [0.25, 0.3) is 0 Å².